The van der Waals surface area contributed by atoms with Gasteiger partial charge in [0.1, 0.15) is 17.3 Å². The van der Waals surface area contributed by atoms with Crippen LogP contribution in [-0.2, 0) is 6.61 Å². The van der Waals surface area contributed by atoms with Crippen molar-refractivity contribution in [1.82, 2.24) is 4.90 Å². The molecular weight excluding hydrogens is 250 g/mol. The summed E-state index contributed by atoms with van der Waals surface area (Å²) in [4.78, 5) is 3.91. The highest BCUT2D eigenvalue weighted by Gasteiger charge is 2.25. The van der Waals surface area contributed by atoms with Crippen molar-refractivity contribution in [3.05, 3.63) is 29.3 Å². The molecule has 1 saturated heterocycles. The maximum Gasteiger partial charge on any atom is 0.149 e. The molecule has 0 spiro atoms. The van der Waals surface area contributed by atoms with Gasteiger partial charge in [0.2, 0.25) is 0 Å². The Labute approximate surface area is 112 Å². The minimum Gasteiger partial charge on any atom is -0.392 e. The van der Waals surface area contributed by atoms with Crippen LogP contribution < -0.4 is 4.90 Å². The van der Waals surface area contributed by atoms with Gasteiger partial charge in [-0.25, -0.2) is 8.78 Å². The predicted octanol–water partition coefficient (Wildman–Crippen LogP) is 1.99. The quantitative estimate of drug-likeness (QED) is 0.910. The molecule has 1 aliphatic heterocycles. The second-order valence-electron chi connectivity index (χ2n) is 5.21. The summed E-state index contributed by atoms with van der Waals surface area (Å²) in [5.74, 6) is -1.21. The first-order chi connectivity index (χ1) is 9.02. The van der Waals surface area contributed by atoms with Gasteiger partial charge in [0.05, 0.1) is 6.61 Å². The molecule has 1 N–H and O–H groups in total. The lowest BCUT2D eigenvalue weighted by Crippen LogP contribution is -2.42. The zero-order valence-corrected chi connectivity index (χ0v) is 11.4. The molecule has 1 aromatic carbocycles. The molecular formula is C14H20F2N2O. The van der Waals surface area contributed by atoms with Gasteiger partial charge in [0.15, 0.2) is 0 Å². The van der Waals surface area contributed by atoms with E-state index in [1.807, 2.05) is 7.05 Å². The van der Waals surface area contributed by atoms with Crippen LogP contribution in [0.3, 0.4) is 0 Å². The van der Waals surface area contributed by atoms with Crippen LogP contribution >= 0.6 is 0 Å². The fourth-order valence-corrected chi connectivity index (χ4v) is 2.61. The highest BCUT2D eigenvalue weighted by Crippen LogP contribution is 2.28. The molecule has 1 fully saturated rings. The molecule has 106 valence electrons. The number of hydrogen-bond donors (Lipinski definition) is 1. The number of benzene rings is 1. The molecule has 0 atom stereocenters. The molecule has 0 unspecified atom stereocenters. The number of likely N-dealkylation sites (tertiary alicyclic amines) is 1. The van der Waals surface area contributed by atoms with Gasteiger partial charge < -0.3 is 14.9 Å². The summed E-state index contributed by atoms with van der Waals surface area (Å²) >= 11 is 0. The lowest BCUT2D eigenvalue weighted by Gasteiger charge is -2.36. The summed E-state index contributed by atoms with van der Waals surface area (Å²) in [6.07, 6.45) is 1.79. The monoisotopic (exact) mass is 270 g/mol. The first-order valence-electron chi connectivity index (χ1n) is 6.53. The van der Waals surface area contributed by atoms with Crippen LogP contribution in [0.5, 0.6) is 0 Å². The standard InChI is InChI=1S/C14H20F2N2O/c1-17-5-3-11(4-6-17)18(2)14-12(15)7-10(9-19)8-13(14)16/h7-8,11,19H,3-6,9H2,1-2H3. The highest BCUT2D eigenvalue weighted by atomic mass is 19.1. The second kappa shape index (κ2) is 5.84. The topological polar surface area (TPSA) is 26.7 Å². The highest BCUT2D eigenvalue weighted by molar-refractivity contribution is 5.51. The van der Waals surface area contributed by atoms with Crippen molar-refractivity contribution < 1.29 is 13.9 Å². The third-order valence-electron chi connectivity index (χ3n) is 3.85. The lowest BCUT2D eigenvalue weighted by molar-refractivity contribution is 0.251. The third kappa shape index (κ3) is 3.04. The zero-order valence-electron chi connectivity index (χ0n) is 11.4. The normalized spacial score (nSPS) is 17.7. The molecule has 3 nitrogen and oxygen atoms in total. The number of anilines is 1. The van der Waals surface area contributed by atoms with Crippen LogP contribution in [0.1, 0.15) is 18.4 Å². The van der Waals surface area contributed by atoms with Gasteiger partial charge in [-0.15, -0.1) is 0 Å². The Kier molecular flexibility index (Phi) is 4.37. The van der Waals surface area contributed by atoms with Gasteiger partial charge in [0.25, 0.3) is 0 Å². The fraction of sp³-hybridized carbons (Fsp3) is 0.571. The van der Waals surface area contributed by atoms with Crippen molar-refractivity contribution in [2.75, 3.05) is 32.1 Å². The average Bonchev–Trinajstić information content (AvgIpc) is 2.38. The molecule has 0 amide bonds. The summed E-state index contributed by atoms with van der Waals surface area (Å²) in [6.45, 7) is 1.52. The van der Waals surface area contributed by atoms with E-state index in [1.165, 1.54) is 12.1 Å². The van der Waals surface area contributed by atoms with Crippen LogP contribution in [-0.4, -0.2) is 43.2 Å². The maximum atomic E-state index is 14.0. The van der Waals surface area contributed by atoms with Gasteiger partial charge in [-0.3, -0.25) is 0 Å². The van der Waals surface area contributed by atoms with Crippen molar-refractivity contribution >= 4 is 5.69 Å². The van der Waals surface area contributed by atoms with Crippen molar-refractivity contribution in [2.45, 2.75) is 25.5 Å². The van der Waals surface area contributed by atoms with Gasteiger partial charge >= 0.3 is 0 Å². The maximum absolute atomic E-state index is 14.0. The summed E-state index contributed by atoms with van der Waals surface area (Å²) in [6, 6.07) is 2.55. The van der Waals surface area contributed by atoms with Crippen molar-refractivity contribution in [3.63, 3.8) is 0 Å². The molecule has 0 radical (unpaired) electrons. The van der Waals surface area contributed by atoms with E-state index in [9.17, 15) is 8.78 Å². The number of halogens is 2. The van der Waals surface area contributed by atoms with E-state index < -0.39 is 11.6 Å². The lowest BCUT2D eigenvalue weighted by atomic mass is 10.0. The summed E-state index contributed by atoms with van der Waals surface area (Å²) in [7, 11) is 3.78. The number of piperidine rings is 1. The predicted molar refractivity (Wildman–Crippen MR) is 71.2 cm³/mol. The van der Waals surface area contributed by atoms with E-state index in [0.29, 0.717) is 0 Å². The Morgan fingerprint density at radius 2 is 1.79 bits per heavy atom. The molecule has 1 heterocycles. The Bertz CT molecular complexity index is 422. The van der Waals surface area contributed by atoms with Crippen LogP contribution in [0, 0.1) is 11.6 Å². The van der Waals surface area contributed by atoms with E-state index in [2.05, 4.69) is 4.90 Å². The minimum absolute atomic E-state index is 0.00625. The van der Waals surface area contributed by atoms with Gasteiger partial charge in [-0.2, -0.15) is 0 Å². The number of nitrogens with zero attached hydrogens (tertiary/aromatic N) is 2. The summed E-state index contributed by atoms with van der Waals surface area (Å²) in [5.41, 5.74) is 0.266. The largest absolute Gasteiger partial charge is 0.392 e. The summed E-state index contributed by atoms with van der Waals surface area (Å²) < 4.78 is 28.0. The molecule has 0 aliphatic carbocycles. The van der Waals surface area contributed by atoms with Crippen molar-refractivity contribution in [1.29, 1.82) is 0 Å². The average molecular weight is 270 g/mol. The molecule has 0 saturated carbocycles. The van der Waals surface area contributed by atoms with Crippen molar-refractivity contribution in [3.8, 4) is 0 Å². The molecule has 19 heavy (non-hydrogen) atoms. The van der Waals surface area contributed by atoms with E-state index in [1.54, 1.807) is 11.9 Å². The second-order valence-corrected chi connectivity index (χ2v) is 5.21. The molecule has 1 aliphatic rings. The van der Waals surface area contributed by atoms with Crippen LogP contribution in [0.4, 0.5) is 14.5 Å². The fourth-order valence-electron chi connectivity index (χ4n) is 2.61. The van der Waals surface area contributed by atoms with E-state index in [0.717, 1.165) is 25.9 Å². The Hall–Kier alpha value is -1.20. The molecule has 0 aromatic heterocycles. The van der Waals surface area contributed by atoms with E-state index >= 15 is 0 Å². The number of rotatable bonds is 3. The smallest absolute Gasteiger partial charge is 0.149 e. The van der Waals surface area contributed by atoms with Crippen LogP contribution in [0.15, 0.2) is 12.1 Å². The Morgan fingerprint density at radius 1 is 1.26 bits per heavy atom. The minimum atomic E-state index is -0.606. The molecule has 5 heteroatoms. The molecule has 2 rings (SSSR count). The van der Waals surface area contributed by atoms with Gasteiger partial charge in [0, 0.05) is 13.1 Å². The third-order valence-corrected chi connectivity index (χ3v) is 3.85. The molecule has 0 bridgehead atoms. The van der Waals surface area contributed by atoms with E-state index in [4.69, 9.17) is 5.11 Å². The first-order valence-corrected chi connectivity index (χ1v) is 6.53. The summed E-state index contributed by atoms with van der Waals surface area (Å²) in [5, 5.41) is 8.94. The number of aliphatic hydroxyl groups excluding tert-OH is 1. The first kappa shape index (κ1) is 14.2. The number of aliphatic hydroxyl groups is 1. The van der Waals surface area contributed by atoms with Crippen molar-refractivity contribution in [2.24, 2.45) is 0 Å². The van der Waals surface area contributed by atoms with E-state index in [-0.39, 0.29) is 23.9 Å². The van der Waals surface area contributed by atoms with Crippen LogP contribution in [0.2, 0.25) is 0 Å². The van der Waals surface area contributed by atoms with Gasteiger partial charge in [-0.05, 0) is 50.7 Å². The Morgan fingerprint density at radius 3 is 2.26 bits per heavy atom. The van der Waals surface area contributed by atoms with Crippen LogP contribution in [0.25, 0.3) is 0 Å². The zero-order chi connectivity index (χ0) is 14.0. The number of hydrogen-bond acceptors (Lipinski definition) is 3. The molecule has 1 aromatic rings. The van der Waals surface area contributed by atoms with Gasteiger partial charge in [-0.1, -0.05) is 0 Å². The SMILES string of the molecule is CN1CCC(N(C)c2c(F)cc(CO)cc2F)CC1. The Balaban J connectivity index is 2.21.